The maximum atomic E-state index is 5.06. The van der Waals surface area contributed by atoms with E-state index in [2.05, 4.69) is 57.4 Å². The van der Waals surface area contributed by atoms with Crippen LogP contribution in [0.3, 0.4) is 0 Å². The lowest BCUT2D eigenvalue weighted by atomic mass is 10.1. The van der Waals surface area contributed by atoms with E-state index >= 15 is 0 Å². The summed E-state index contributed by atoms with van der Waals surface area (Å²) in [5.74, 6) is 1.04. The van der Waals surface area contributed by atoms with Crippen molar-refractivity contribution in [2.75, 3.05) is 37.6 Å². The van der Waals surface area contributed by atoms with E-state index < -0.39 is 0 Å². The highest BCUT2D eigenvalue weighted by atomic mass is 15.4. The molecule has 0 aliphatic carbocycles. The van der Waals surface area contributed by atoms with Crippen molar-refractivity contribution in [1.29, 1.82) is 0 Å². The highest BCUT2D eigenvalue weighted by molar-refractivity contribution is 5.93. The van der Waals surface area contributed by atoms with Gasteiger partial charge in [0, 0.05) is 37.1 Å². The van der Waals surface area contributed by atoms with E-state index in [-0.39, 0.29) is 0 Å². The minimum absolute atomic E-state index is 0.813. The number of nitrogens with zero attached hydrogens (tertiary/aromatic N) is 6. The summed E-state index contributed by atoms with van der Waals surface area (Å²) >= 11 is 0. The largest absolute Gasteiger partial charge is 0.353 e. The van der Waals surface area contributed by atoms with E-state index in [0.29, 0.717) is 0 Å². The summed E-state index contributed by atoms with van der Waals surface area (Å²) in [6, 6.07) is 18.5. The number of para-hydroxylation sites is 1. The molecule has 0 radical (unpaired) electrons. The first-order valence-electron chi connectivity index (χ1n) is 9.52. The second kappa shape index (κ2) is 6.63. The monoisotopic (exact) mass is 358 g/mol. The van der Waals surface area contributed by atoms with E-state index in [4.69, 9.17) is 4.98 Å². The Morgan fingerprint density at radius 1 is 0.889 bits per heavy atom. The molecule has 0 unspecified atom stereocenters. The van der Waals surface area contributed by atoms with Crippen LogP contribution in [-0.4, -0.2) is 57.4 Å². The Morgan fingerprint density at radius 3 is 2.41 bits per heavy atom. The van der Waals surface area contributed by atoms with Crippen LogP contribution in [0.4, 0.5) is 5.82 Å². The fraction of sp³-hybridized carbons (Fsp3) is 0.286. The lowest BCUT2D eigenvalue weighted by molar-refractivity contribution is 0.271. The van der Waals surface area contributed by atoms with Crippen LogP contribution in [0.15, 0.2) is 54.6 Å². The van der Waals surface area contributed by atoms with Crippen LogP contribution >= 0.6 is 0 Å². The predicted octanol–water partition coefficient (Wildman–Crippen LogP) is 3.09. The topological polar surface area (TPSA) is 49.6 Å². The van der Waals surface area contributed by atoms with Crippen LogP contribution in [0, 0.1) is 0 Å². The number of rotatable bonds is 3. The van der Waals surface area contributed by atoms with Crippen LogP contribution in [0.5, 0.6) is 0 Å². The summed E-state index contributed by atoms with van der Waals surface area (Å²) in [4.78, 5) is 9.94. The van der Waals surface area contributed by atoms with Crippen molar-refractivity contribution in [2.45, 2.75) is 6.92 Å². The summed E-state index contributed by atoms with van der Waals surface area (Å²) in [6.07, 6.45) is 0. The number of piperazine rings is 1. The molecule has 4 aromatic rings. The average Bonchev–Trinajstić information content (AvgIpc) is 3.18. The van der Waals surface area contributed by atoms with Gasteiger partial charge < -0.3 is 9.80 Å². The van der Waals surface area contributed by atoms with Crippen molar-refractivity contribution in [3.8, 4) is 11.3 Å². The Kier molecular flexibility index (Phi) is 3.98. The Bertz CT molecular complexity index is 1080. The molecule has 3 heterocycles. The second-order valence-electron chi connectivity index (χ2n) is 6.91. The maximum absolute atomic E-state index is 5.06. The fourth-order valence-corrected chi connectivity index (χ4v) is 3.85. The number of anilines is 1. The van der Waals surface area contributed by atoms with Crippen molar-refractivity contribution < 1.29 is 0 Å². The zero-order chi connectivity index (χ0) is 18.2. The summed E-state index contributed by atoms with van der Waals surface area (Å²) in [7, 11) is 0. The van der Waals surface area contributed by atoms with Gasteiger partial charge in [-0.3, -0.25) is 0 Å². The minimum atomic E-state index is 0.813. The van der Waals surface area contributed by atoms with E-state index in [0.717, 1.165) is 66.3 Å². The molecule has 0 bridgehead atoms. The molecule has 0 saturated carbocycles. The van der Waals surface area contributed by atoms with Crippen LogP contribution in [0.25, 0.3) is 27.8 Å². The van der Waals surface area contributed by atoms with Gasteiger partial charge in [0.15, 0.2) is 5.65 Å². The molecule has 27 heavy (non-hydrogen) atoms. The minimum Gasteiger partial charge on any atom is -0.353 e. The number of fused-ring (bicyclic) bond motifs is 3. The highest BCUT2D eigenvalue weighted by Gasteiger charge is 2.22. The summed E-state index contributed by atoms with van der Waals surface area (Å²) in [5.41, 5.74) is 3.73. The van der Waals surface area contributed by atoms with Gasteiger partial charge in [0.2, 0.25) is 0 Å². The van der Waals surface area contributed by atoms with Crippen molar-refractivity contribution in [2.24, 2.45) is 0 Å². The van der Waals surface area contributed by atoms with E-state index in [1.54, 1.807) is 0 Å². The highest BCUT2D eigenvalue weighted by Crippen LogP contribution is 2.30. The lowest BCUT2D eigenvalue weighted by Gasteiger charge is -2.35. The Hall–Kier alpha value is -2.99. The zero-order valence-electron chi connectivity index (χ0n) is 15.4. The van der Waals surface area contributed by atoms with Crippen molar-refractivity contribution in [3.63, 3.8) is 0 Å². The number of likely N-dealkylation sites (N-methyl/N-ethyl adjacent to an activating group) is 1. The van der Waals surface area contributed by atoms with Gasteiger partial charge in [0.05, 0.1) is 5.52 Å². The van der Waals surface area contributed by atoms with Gasteiger partial charge in [-0.05, 0) is 18.7 Å². The molecule has 6 nitrogen and oxygen atoms in total. The lowest BCUT2D eigenvalue weighted by Crippen LogP contribution is -2.46. The molecule has 6 heteroatoms. The molecule has 1 aliphatic heterocycles. The molecule has 5 rings (SSSR count). The van der Waals surface area contributed by atoms with E-state index in [9.17, 15) is 0 Å². The van der Waals surface area contributed by atoms with Crippen LogP contribution < -0.4 is 4.90 Å². The first-order chi connectivity index (χ1) is 13.3. The summed E-state index contributed by atoms with van der Waals surface area (Å²) < 4.78 is 1.86. The molecule has 2 aromatic carbocycles. The first-order valence-corrected chi connectivity index (χ1v) is 9.52. The number of benzene rings is 2. The quantitative estimate of drug-likeness (QED) is 0.563. The molecule has 0 atom stereocenters. The van der Waals surface area contributed by atoms with Crippen LogP contribution in [0.2, 0.25) is 0 Å². The van der Waals surface area contributed by atoms with Gasteiger partial charge in [-0.25, -0.2) is 4.98 Å². The maximum Gasteiger partial charge on any atom is 0.186 e. The number of hydrogen-bond donors (Lipinski definition) is 0. The molecule has 1 saturated heterocycles. The van der Waals surface area contributed by atoms with E-state index in [1.165, 1.54) is 0 Å². The van der Waals surface area contributed by atoms with Gasteiger partial charge >= 0.3 is 0 Å². The van der Waals surface area contributed by atoms with Crippen molar-refractivity contribution in [3.05, 3.63) is 54.6 Å². The van der Waals surface area contributed by atoms with Crippen molar-refractivity contribution >= 4 is 22.4 Å². The Balaban J connectivity index is 1.70. The molecular formula is C21H22N6. The van der Waals surface area contributed by atoms with Gasteiger partial charge in [-0.2, -0.15) is 4.52 Å². The number of aromatic nitrogens is 4. The fourth-order valence-electron chi connectivity index (χ4n) is 3.85. The van der Waals surface area contributed by atoms with Crippen molar-refractivity contribution in [1.82, 2.24) is 24.7 Å². The van der Waals surface area contributed by atoms with Gasteiger partial charge in [0.25, 0.3) is 0 Å². The normalized spacial score (nSPS) is 15.7. The van der Waals surface area contributed by atoms with Crippen LogP contribution in [-0.2, 0) is 0 Å². The molecule has 136 valence electrons. The summed E-state index contributed by atoms with van der Waals surface area (Å²) in [5, 5.41) is 9.99. The van der Waals surface area contributed by atoms with Gasteiger partial charge in [-0.15, -0.1) is 5.10 Å². The molecule has 1 aliphatic rings. The predicted molar refractivity (Wildman–Crippen MR) is 108 cm³/mol. The Labute approximate surface area is 158 Å². The molecule has 2 aromatic heterocycles. The molecular weight excluding hydrogens is 336 g/mol. The SMILES string of the molecule is CCN1CCN(c2nc3c(-c4ccccc4)nnn3c3ccccc23)CC1. The zero-order valence-corrected chi connectivity index (χ0v) is 15.4. The molecule has 0 amide bonds. The third-order valence-electron chi connectivity index (χ3n) is 5.40. The van der Waals surface area contributed by atoms with E-state index in [1.807, 2.05) is 28.8 Å². The third kappa shape index (κ3) is 2.73. The average molecular weight is 358 g/mol. The third-order valence-corrected chi connectivity index (χ3v) is 5.40. The van der Waals surface area contributed by atoms with Gasteiger partial charge in [0.1, 0.15) is 11.5 Å². The molecule has 0 N–H and O–H groups in total. The standard InChI is InChI=1S/C21H22N6/c1-2-25-12-14-26(15-13-25)20-17-10-6-7-11-18(17)27-21(22-20)19(23-24-27)16-8-4-3-5-9-16/h3-11H,2,12-15H2,1H3. The molecule has 1 fully saturated rings. The Morgan fingerprint density at radius 2 is 1.63 bits per heavy atom. The summed E-state index contributed by atoms with van der Waals surface area (Å²) in [6.45, 7) is 7.44. The molecule has 0 spiro atoms. The van der Waals surface area contributed by atoms with Crippen LogP contribution in [0.1, 0.15) is 6.92 Å². The first kappa shape index (κ1) is 16.2. The second-order valence-corrected chi connectivity index (χ2v) is 6.91. The van der Waals surface area contributed by atoms with Gasteiger partial charge in [-0.1, -0.05) is 54.6 Å². The number of hydrogen-bond acceptors (Lipinski definition) is 5. The smallest absolute Gasteiger partial charge is 0.186 e.